The highest BCUT2D eigenvalue weighted by molar-refractivity contribution is 5.99. The zero-order valence-electron chi connectivity index (χ0n) is 6.81. The Morgan fingerprint density at radius 3 is 2.73 bits per heavy atom. The first-order valence-electron chi connectivity index (χ1n) is 4.21. The van der Waals surface area contributed by atoms with Crippen LogP contribution in [-0.2, 0) is 4.79 Å². The zero-order valence-corrected chi connectivity index (χ0v) is 6.81. The number of allylic oxidation sites excluding steroid dienone is 4. The van der Waals surface area contributed by atoms with E-state index >= 15 is 0 Å². The highest BCUT2D eigenvalue weighted by Crippen LogP contribution is 2.34. The van der Waals surface area contributed by atoms with Gasteiger partial charge in [-0.2, -0.15) is 0 Å². The second-order valence-corrected chi connectivity index (χ2v) is 3.31. The molecule has 2 aliphatic rings. The van der Waals surface area contributed by atoms with Gasteiger partial charge in [0, 0.05) is 6.42 Å². The van der Waals surface area contributed by atoms with Crippen molar-refractivity contribution >= 4 is 5.78 Å². The van der Waals surface area contributed by atoms with Crippen LogP contribution in [0.15, 0.2) is 22.8 Å². The molecule has 0 spiro atoms. The number of hydrogen-bond donors (Lipinski definition) is 0. The zero-order chi connectivity index (χ0) is 7.84. The monoisotopic (exact) mass is 148 g/mol. The molecule has 2 aliphatic carbocycles. The Kier molecular flexibility index (Phi) is 1.45. The van der Waals surface area contributed by atoms with Gasteiger partial charge in [-0.05, 0) is 37.3 Å². The minimum absolute atomic E-state index is 0.396. The Balaban J connectivity index is 2.42. The van der Waals surface area contributed by atoms with Crippen molar-refractivity contribution in [2.45, 2.75) is 32.6 Å². The molecule has 1 heteroatoms. The summed E-state index contributed by atoms with van der Waals surface area (Å²) in [4.78, 5) is 11.3. The highest BCUT2D eigenvalue weighted by atomic mass is 16.1. The Morgan fingerprint density at radius 2 is 2.00 bits per heavy atom. The van der Waals surface area contributed by atoms with E-state index in [0.717, 1.165) is 31.3 Å². The molecule has 0 aromatic rings. The van der Waals surface area contributed by atoms with Gasteiger partial charge in [0.1, 0.15) is 0 Å². The van der Waals surface area contributed by atoms with Gasteiger partial charge in [-0.15, -0.1) is 0 Å². The third-order valence-corrected chi connectivity index (χ3v) is 2.62. The van der Waals surface area contributed by atoms with Crippen LogP contribution in [0.1, 0.15) is 32.6 Å². The quantitative estimate of drug-likeness (QED) is 0.515. The molecular formula is C10H12O. The topological polar surface area (TPSA) is 17.1 Å². The molecule has 1 nitrogen and oxygen atoms in total. The van der Waals surface area contributed by atoms with E-state index in [-0.39, 0.29) is 0 Å². The van der Waals surface area contributed by atoms with Crippen LogP contribution in [0.2, 0.25) is 0 Å². The molecule has 0 bridgehead atoms. The van der Waals surface area contributed by atoms with Gasteiger partial charge in [0.25, 0.3) is 0 Å². The first-order valence-corrected chi connectivity index (χ1v) is 4.21. The summed E-state index contributed by atoms with van der Waals surface area (Å²) in [6.45, 7) is 2.12. The van der Waals surface area contributed by atoms with Gasteiger partial charge in [-0.25, -0.2) is 0 Å². The third-order valence-electron chi connectivity index (χ3n) is 2.62. The lowest BCUT2D eigenvalue weighted by Gasteiger charge is -2.11. The maximum Gasteiger partial charge on any atom is 0.159 e. The summed E-state index contributed by atoms with van der Waals surface area (Å²) in [6, 6.07) is 0. The van der Waals surface area contributed by atoms with Crippen LogP contribution in [0.3, 0.4) is 0 Å². The van der Waals surface area contributed by atoms with Gasteiger partial charge in [0.05, 0.1) is 0 Å². The number of ketones is 1. The highest BCUT2D eigenvalue weighted by Gasteiger charge is 2.24. The van der Waals surface area contributed by atoms with Gasteiger partial charge < -0.3 is 0 Å². The Hall–Kier alpha value is -0.850. The molecule has 0 saturated heterocycles. The number of hydrogen-bond acceptors (Lipinski definition) is 1. The third kappa shape index (κ3) is 0.953. The van der Waals surface area contributed by atoms with Gasteiger partial charge in [0.15, 0.2) is 5.78 Å². The normalized spacial score (nSPS) is 23.7. The fourth-order valence-corrected chi connectivity index (χ4v) is 1.99. The lowest BCUT2D eigenvalue weighted by molar-refractivity contribution is -0.115. The van der Waals surface area contributed by atoms with Gasteiger partial charge in [-0.3, -0.25) is 4.79 Å². The smallest absolute Gasteiger partial charge is 0.159 e. The molecule has 0 atom stereocenters. The van der Waals surface area contributed by atoms with Crippen molar-refractivity contribution in [1.82, 2.24) is 0 Å². The molecule has 0 unspecified atom stereocenters. The van der Waals surface area contributed by atoms with Gasteiger partial charge in [0.2, 0.25) is 0 Å². The molecule has 0 heterocycles. The molecule has 58 valence electrons. The minimum Gasteiger partial charge on any atom is -0.295 e. The SMILES string of the molecule is CC1=CCCC2=C1CCC2=O. The minimum atomic E-state index is 0.396. The van der Waals surface area contributed by atoms with Crippen LogP contribution < -0.4 is 0 Å². The second kappa shape index (κ2) is 2.33. The molecule has 0 fully saturated rings. The van der Waals surface area contributed by atoms with Crippen molar-refractivity contribution < 1.29 is 4.79 Å². The van der Waals surface area contributed by atoms with E-state index in [1.165, 1.54) is 11.1 Å². The van der Waals surface area contributed by atoms with Crippen LogP contribution in [0.25, 0.3) is 0 Å². The summed E-state index contributed by atoms with van der Waals surface area (Å²) >= 11 is 0. The first-order chi connectivity index (χ1) is 5.29. The van der Waals surface area contributed by atoms with E-state index < -0.39 is 0 Å². The summed E-state index contributed by atoms with van der Waals surface area (Å²) in [7, 11) is 0. The van der Waals surface area contributed by atoms with Crippen LogP contribution in [0, 0.1) is 0 Å². The molecule has 11 heavy (non-hydrogen) atoms. The molecule has 0 N–H and O–H groups in total. The lowest BCUT2D eigenvalue weighted by atomic mass is 9.94. The maximum absolute atomic E-state index is 11.3. The van der Waals surface area contributed by atoms with E-state index in [9.17, 15) is 4.79 Å². The van der Waals surface area contributed by atoms with E-state index in [1.54, 1.807) is 0 Å². The maximum atomic E-state index is 11.3. The summed E-state index contributed by atoms with van der Waals surface area (Å²) in [5.74, 6) is 0.396. The van der Waals surface area contributed by atoms with Crippen LogP contribution in [-0.4, -0.2) is 5.78 Å². The summed E-state index contributed by atoms with van der Waals surface area (Å²) in [5, 5.41) is 0. The van der Waals surface area contributed by atoms with Crippen LogP contribution >= 0.6 is 0 Å². The van der Waals surface area contributed by atoms with E-state index in [4.69, 9.17) is 0 Å². The summed E-state index contributed by atoms with van der Waals surface area (Å²) < 4.78 is 0. The second-order valence-electron chi connectivity index (χ2n) is 3.31. The summed E-state index contributed by atoms with van der Waals surface area (Å²) in [5.41, 5.74) is 3.82. The molecule has 0 amide bonds. The predicted molar refractivity (Wildman–Crippen MR) is 44.3 cm³/mol. The van der Waals surface area contributed by atoms with Crippen molar-refractivity contribution in [2.75, 3.05) is 0 Å². The van der Waals surface area contributed by atoms with Crippen molar-refractivity contribution in [1.29, 1.82) is 0 Å². The van der Waals surface area contributed by atoms with E-state index in [0.29, 0.717) is 5.78 Å². The number of Topliss-reactive ketones (excluding diaryl/α,β-unsaturated/α-hetero) is 1. The van der Waals surface area contributed by atoms with Crippen molar-refractivity contribution in [2.24, 2.45) is 0 Å². The molecule has 0 aromatic heterocycles. The number of carbonyl (C=O) groups excluding carboxylic acids is 1. The van der Waals surface area contributed by atoms with Gasteiger partial charge in [-0.1, -0.05) is 11.6 Å². The summed E-state index contributed by atoms with van der Waals surface area (Å²) in [6.07, 6.45) is 6.06. The molecular weight excluding hydrogens is 136 g/mol. The standard InChI is InChI=1S/C10H12O/c1-7-3-2-4-9-8(7)5-6-10(9)11/h3H,2,4-6H2,1H3. The number of carbonyl (C=O) groups is 1. The number of rotatable bonds is 0. The molecule has 2 rings (SSSR count). The van der Waals surface area contributed by atoms with Crippen molar-refractivity contribution in [3.63, 3.8) is 0 Å². The van der Waals surface area contributed by atoms with Crippen LogP contribution in [0.4, 0.5) is 0 Å². The van der Waals surface area contributed by atoms with Crippen LogP contribution in [0.5, 0.6) is 0 Å². The molecule has 0 aromatic carbocycles. The van der Waals surface area contributed by atoms with Gasteiger partial charge >= 0.3 is 0 Å². The fourth-order valence-electron chi connectivity index (χ4n) is 1.99. The van der Waals surface area contributed by atoms with E-state index in [2.05, 4.69) is 13.0 Å². The molecule has 0 radical (unpaired) electrons. The Morgan fingerprint density at radius 1 is 1.18 bits per heavy atom. The first kappa shape index (κ1) is 6.84. The van der Waals surface area contributed by atoms with Crippen molar-refractivity contribution in [3.8, 4) is 0 Å². The lowest BCUT2D eigenvalue weighted by Crippen LogP contribution is -1.99. The van der Waals surface area contributed by atoms with E-state index in [1.807, 2.05) is 0 Å². The molecule has 0 aliphatic heterocycles. The average Bonchev–Trinajstić information content (AvgIpc) is 2.35. The Labute approximate surface area is 66.8 Å². The largest absolute Gasteiger partial charge is 0.295 e. The van der Waals surface area contributed by atoms with Crippen molar-refractivity contribution in [3.05, 3.63) is 22.8 Å². The Bertz CT molecular complexity index is 265. The average molecular weight is 148 g/mol. The predicted octanol–water partition coefficient (Wildman–Crippen LogP) is 2.39. The molecule has 0 saturated carbocycles. The fraction of sp³-hybridized carbons (Fsp3) is 0.500.